The zero-order chi connectivity index (χ0) is 5.98. The van der Waals surface area contributed by atoms with Crippen LogP contribution in [0.3, 0.4) is 0 Å². The Morgan fingerprint density at radius 3 is 2.75 bits per heavy atom. The van der Waals surface area contributed by atoms with Crippen LogP contribution < -0.4 is 3.58 Å². The van der Waals surface area contributed by atoms with Gasteiger partial charge in [0.2, 0.25) is 0 Å². The summed E-state index contributed by atoms with van der Waals surface area (Å²) < 4.78 is 1.45. The van der Waals surface area contributed by atoms with E-state index in [9.17, 15) is 0 Å². The van der Waals surface area contributed by atoms with Crippen LogP contribution in [-0.4, -0.2) is 22.5 Å². The summed E-state index contributed by atoms with van der Waals surface area (Å²) in [6, 6.07) is 2.16. The first kappa shape index (κ1) is 6.36. The number of thiophene rings is 1. The first-order chi connectivity index (χ1) is 3.84. The van der Waals surface area contributed by atoms with Crippen molar-refractivity contribution >= 4 is 43.5 Å². The van der Waals surface area contributed by atoms with E-state index in [1.54, 1.807) is 11.3 Å². The van der Waals surface area contributed by atoms with Crippen LogP contribution >= 0.6 is 11.3 Å². The van der Waals surface area contributed by atoms with Crippen molar-refractivity contribution in [3.63, 3.8) is 0 Å². The third-order valence-corrected chi connectivity index (χ3v) is 3.88. The molecule has 0 nitrogen and oxygen atoms in total. The van der Waals surface area contributed by atoms with Crippen LogP contribution in [-0.2, 0) is 0 Å². The van der Waals surface area contributed by atoms with Crippen LogP contribution in [0, 0.1) is 0 Å². The predicted molar refractivity (Wildman–Crippen MR) is 41.2 cm³/mol. The standard InChI is InChI=1S/C6H5S.Sn.H/c1-2-6-4-3-5-7-6;;/h2-3,5H,1H2;;. The molecule has 1 heterocycles. The average Bonchev–Trinajstić information content (AvgIpc) is 2.14. The van der Waals surface area contributed by atoms with Crippen molar-refractivity contribution < 1.29 is 0 Å². The molecule has 0 aromatic carbocycles. The summed E-state index contributed by atoms with van der Waals surface area (Å²) in [5, 5.41) is 2.11. The van der Waals surface area contributed by atoms with E-state index >= 15 is 0 Å². The van der Waals surface area contributed by atoms with E-state index in [4.69, 9.17) is 0 Å². The molecule has 8 heavy (non-hydrogen) atoms. The molecule has 0 saturated heterocycles. The van der Waals surface area contributed by atoms with Crippen LogP contribution in [0.2, 0.25) is 0 Å². The third-order valence-electron chi connectivity index (χ3n) is 0.913. The first-order valence-corrected chi connectivity index (χ1v) is 4.82. The van der Waals surface area contributed by atoms with Crippen LogP contribution in [0.4, 0.5) is 0 Å². The molecule has 1 rings (SSSR count). The zero-order valence-electron chi connectivity index (χ0n) is 4.42. The molecule has 0 spiro atoms. The van der Waals surface area contributed by atoms with E-state index in [0.717, 1.165) is 0 Å². The van der Waals surface area contributed by atoms with E-state index < -0.39 is 0 Å². The molecule has 0 atom stereocenters. The molecule has 0 fully saturated rings. The van der Waals surface area contributed by atoms with E-state index in [2.05, 4.69) is 18.0 Å². The molecule has 0 N–H and O–H groups in total. The average molecular weight is 229 g/mol. The molecule has 0 aliphatic carbocycles. The van der Waals surface area contributed by atoms with Gasteiger partial charge in [-0.05, 0) is 0 Å². The van der Waals surface area contributed by atoms with Crippen molar-refractivity contribution in [3.8, 4) is 0 Å². The summed E-state index contributed by atoms with van der Waals surface area (Å²) in [5.41, 5.74) is 0. The first-order valence-electron chi connectivity index (χ1n) is 2.30. The molecule has 0 unspecified atom stereocenters. The summed E-state index contributed by atoms with van der Waals surface area (Å²) in [4.78, 5) is 1.34. The molecule has 40 valence electrons. The van der Waals surface area contributed by atoms with Gasteiger partial charge in [-0.25, -0.2) is 0 Å². The second-order valence-electron chi connectivity index (χ2n) is 1.44. The quantitative estimate of drug-likeness (QED) is 0.628. The molecule has 0 aliphatic heterocycles. The van der Waals surface area contributed by atoms with Crippen LogP contribution in [0.15, 0.2) is 18.0 Å². The SMILES string of the molecule is C=Cc1scc[c]1[SnH]. The van der Waals surface area contributed by atoms with Crippen LogP contribution in [0.5, 0.6) is 0 Å². The summed E-state index contributed by atoms with van der Waals surface area (Å²) >= 11 is 2.97. The molecule has 1 aromatic heterocycles. The Balaban J connectivity index is 3.09. The molecule has 0 aliphatic rings. The Morgan fingerprint density at radius 2 is 2.50 bits per heavy atom. The van der Waals surface area contributed by atoms with E-state index in [1.807, 2.05) is 6.08 Å². The van der Waals surface area contributed by atoms with Gasteiger partial charge in [0.15, 0.2) is 0 Å². The maximum atomic E-state index is 3.70. The van der Waals surface area contributed by atoms with Gasteiger partial charge in [-0.2, -0.15) is 0 Å². The fourth-order valence-corrected chi connectivity index (χ4v) is 2.75. The van der Waals surface area contributed by atoms with Gasteiger partial charge in [0.1, 0.15) is 0 Å². The normalized spacial score (nSPS) is 9.12. The second kappa shape index (κ2) is 2.69. The number of hydrogen-bond acceptors (Lipinski definition) is 1. The van der Waals surface area contributed by atoms with Crippen molar-refractivity contribution in [1.29, 1.82) is 0 Å². The topological polar surface area (TPSA) is 0 Å². The summed E-state index contributed by atoms with van der Waals surface area (Å²) in [7, 11) is 0. The van der Waals surface area contributed by atoms with Gasteiger partial charge in [0.25, 0.3) is 0 Å². The Kier molecular flexibility index (Phi) is 2.14. The molecule has 1 aromatic rings. The third kappa shape index (κ3) is 1.14. The van der Waals surface area contributed by atoms with Gasteiger partial charge < -0.3 is 0 Å². The van der Waals surface area contributed by atoms with Crippen molar-refractivity contribution in [2.24, 2.45) is 0 Å². The van der Waals surface area contributed by atoms with Gasteiger partial charge in [-0.15, -0.1) is 0 Å². The monoisotopic (exact) mass is 230 g/mol. The number of rotatable bonds is 1. The van der Waals surface area contributed by atoms with Crippen LogP contribution in [0.1, 0.15) is 4.88 Å². The van der Waals surface area contributed by atoms with Gasteiger partial charge in [-0.3, -0.25) is 0 Å². The van der Waals surface area contributed by atoms with Gasteiger partial charge in [-0.1, -0.05) is 0 Å². The Morgan fingerprint density at radius 1 is 1.75 bits per heavy atom. The number of hydrogen-bond donors (Lipinski definition) is 0. The molecule has 0 saturated carbocycles. The van der Waals surface area contributed by atoms with Crippen molar-refractivity contribution in [1.82, 2.24) is 0 Å². The van der Waals surface area contributed by atoms with E-state index in [0.29, 0.717) is 0 Å². The Hall–Kier alpha value is 0.239. The van der Waals surface area contributed by atoms with E-state index in [-0.39, 0.29) is 0 Å². The minimum absolute atomic E-state index is 1.21. The second-order valence-corrected chi connectivity index (χ2v) is 4.17. The Bertz CT molecular complexity index is 190. The molecule has 0 bridgehead atoms. The fourth-order valence-electron chi connectivity index (χ4n) is 0.497. The maximum absolute atomic E-state index is 3.70. The molecule has 0 amide bonds. The van der Waals surface area contributed by atoms with Gasteiger partial charge in [0.05, 0.1) is 0 Å². The summed E-state index contributed by atoms with van der Waals surface area (Å²) in [5.74, 6) is 0. The minimum atomic E-state index is 1.21. The molecular formula is C6H6SSn. The predicted octanol–water partition coefficient (Wildman–Crippen LogP) is 0.917. The zero-order valence-corrected chi connectivity index (χ0v) is 8.54. The van der Waals surface area contributed by atoms with Gasteiger partial charge >= 0.3 is 66.4 Å². The van der Waals surface area contributed by atoms with Gasteiger partial charge in [0, 0.05) is 0 Å². The summed E-state index contributed by atoms with van der Waals surface area (Å²) in [6.45, 7) is 3.70. The van der Waals surface area contributed by atoms with E-state index in [1.165, 1.54) is 31.0 Å². The Labute approximate surface area is 66.3 Å². The molecular weight excluding hydrogens is 223 g/mol. The van der Waals surface area contributed by atoms with Crippen molar-refractivity contribution in [2.75, 3.05) is 0 Å². The van der Waals surface area contributed by atoms with Crippen molar-refractivity contribution in [3.05, 3.63) is 22.9 Å². The fraction of sp³-hybridized carbons (Fsp3) is 0. The van der Waals surface area contributed by atoms with Crippen molar-refractivity contribution in [2.45, 2.75) is 0 Å². The van der Waals surface area contributed by atoms with Crippen LogP contribution in [0.25, 0.3) is 6.08 Å². The molecule has 2 radical (unpaired) electrons. The molecule has 2 heteroatoms. The summed E-state index contributed by atoms with van der Waals surface area (Å²) in [6.07, 6.45) is 1.92.